The topological polar surface area (TPSA) is 162 Å². The van der Waals surface area contributed by atoms with Crippen LogP contribution in [0.2, 0.25) is 0 Å². The van der Waals surface area contributed by atoms with Crippen LogP contribution in [0, 0.1) is 0 Å². The van der Waals surface area contributed by atoms with Crippen LogP contribution < -0.4 is 10.9 Å². The van der Waals surface area contributed by atoms with Crippen LogP contribution in [0.15, 0.2) is 97.3 Å². The van der Waals surface area contributed by atoms with Gasteiger partial charge < -0.3 is 34.4 Å². The molecule has 0 fully saturated rings. The summed E-state index contributed by atoms with van der Waals surface area (Å²) < 4.78 is 11.8. The molecule has 6 rings (SSSR count). The van der Waals surface area contributed by atoms with Crippen molar-refractivity contribution in [2.24, 2.45) is 0 Å². The molecule has 9 heteroatoms. The summed E-state index contributed by atoms with van der Waals surface area (Å²) in [6, 6.07) is 17.6. The lowest BCUT2D eigenvalue weighted by atomic mass is 9.97. The van der Waals surface area contributed by atoms with E-state index in [-0.39, 0.29) is 67.6 Å². The first-order chi connectivity index (χ1) is 18.7. The van der Waals surface area contributed by atoms with Gasteiger partial charge in [0.05, 0.1) is 10.9 Å². The Hall–Kier alpha value is -5.70. The minimum Gasteiger partial charge on any atom is -0.508 e. The number of phenols is 5. The van der Waals surface area contributed by atoms with Crippen molar-refractivity contribution in [2.75, 3.05) is 0 Å². The van der Waals surface area contributed by atoms with E-state index in [1.165, 1.54) is 54.6 Å². The zero-order chi connectivity index (χ0) is 27.4. The van der Waals surface area contributed by atoms with Gasteiger partial charge >= 0.3 is 0 Å². The van der Waals surface area contributed by atoms with Gasteiger partial charge in [-0.1, -0.05) is 0 Å². The van der Waals surface area contributed by atoms with Gasteiger partial charge in [-0.3, -0.25) is 9.59 Å². The smallest absolute Gasteiger partial charge is 0.197 e. The molecule has 0 spiro atoms. The Kier molecular flexibility index (Phi) is 5.28. The van der Waals surface area contributed by atoms with Gasteiger partial charge in [0.15, 0.2) is 10.9 Å². The molecular weight excluding hydrogens is 504 g/mol. The lowest BCUT2D eigenvalue weighted by molar-refractivity contribution is 0.452. The third-order valence-electron chi connectivity index (χ3n) is 6.37. The normalized spacial score (nSPS) is 11.3. The molecule has 192 valence electrons. The number of benzene rings is 4. The summed E-state index contributed by atoms with van der Waals surface area (Å²) in [6.45, 7) is 0. The molecule has 0 aliphatic rings. The van der Waals surface area contributed by atoms with Crippen LogP contribution in [0.1, 0.15) is 0 Å². The minimum absolute atomic E-state index is 0.00725. The summed E-state index contributed by atoms with van der Waals surface area (Å²) in [5.41, 5.74) is -0.0602. The molecule has 0 unspecified atom stereocenters. The molecule has 0 atom stereocenters. The highest BCUT2D eigenvalue weighted by atomic mass is 16.3. The maximum atomic E-state index is 13.0. The molecular formula is C30H18O9. The van der Waals surface area contributed by atoms with Crippen LogP contribution in [0.5, 0.6) is 28.7 Å². The van der Waals surface area contributed by atoms with Gasteiger partial charge in [0, 0.05) is 41.0 Å². The summed E-state index contributed by atoms with van der Waals surface area (Å²) in [6.07, 6.45) is 0. The van der Waals surface area contributed by atoms with E-state index in [2.05, 4.69) is 0 Å². The van der Waals surface area contributed by atoms with E-state index < -0.39 is 16.6 Å². The van der Waals surface area contributed by atoms with E-state index in [0.29, 0.717) is 11.1 Å². The fraction of sp³-hybridized carbons (Fsp3) is 0. The summed E-state index contributed by atoms with van der Waals surface area (Å²) in [4.78, 5) is 25.7. The zero-order valence-corrected chi connectivity index (χ0v) is 19.9. The second-order valence-electron chi connectivity index (χ2n) is 8.90. The van der Waals surface area contributed by atoms with Crippen LogP contribution in [0.4, 0.5) is 0 Å². The van der Waals surface area contributed by atoms with E-state index >= 15 is 0 Å². The predicted octanol–water partition coefficient (Wildman–Crippen LogP) is 5.43. The molecule has 5 N–H and O–H groups in total. The summed E-state index contributed by atoms with van der Waals surface area (Å²) in [5, 5.41) is 51.2. The second kappa shape index (κ2) is 8.70. The maximum Gasteiger partial charge on any atom is 0.197 e. The summed E-state index contributed by atoms with van der Waals surface area (Å²) >= 11 is 0. The molecule has 0 aliphatic heterocycles. The van der Waals surface area contributed by atoms with Gasteiger partial charge in [-0.05, 0) is 54.6 Å². The Labute approximate surface area is 218 Å². The van der Waals surface area contributed by atoms with E-state index in [9.17, 15) is 35.1 Å². The van der Waals surface area contributed by atoms with Crippen molar-refractivity contribution in [1.82, 2.24) is 0 Å². The first kappa shape index (κ1) is 23.7. The Morgan fingerprint density at radius 3 is 1.97 bits per heavy atom. The average molecular weight is 522 g/mol. The largest absolute Gasteiger partial charge is 0.508 e. The van der Waals surface area contributed by atoms with E-state index in [0.717, 1.165) is 12.1 Å². The first-order valence-electron chi connectivity index (χ1n) is 11.6. The fourth-order valence-corrected chi connectivity index (χ4v) is 4.52. The van der Waals surface area contributed by atoms with Crippen LogP contribution in [0.25, 0.3) is 55.7 Å². The summed E-state index contributed by atoms with van der Waals surface area (Å²) in [5.74, 6) is -0.996. The molecule has 6 aromatic rings. The third-order valence-corrected chi connectivity index (χ3v) is 6.37. The molecule has 39 heavy (non-hydrogen) atoms. The Morgan fingerprint density at radius 1 is 0.538 bits per heavy atom. The standard InChI is InChI=1S/C30H18O9/c31-16-4-1-14(2-5-16)25-12-22(35)18-6-8-21(34)28(30(18)39-25)19-9-15(3-7-20(19)33)26-13-24(37)29-23(36)10-17(32)11-27(29)38-26/h1-13,31-34,36H. The quantitative estimate of drug-likeness (QED) is 0.204. The molecule has 0 saturated carbocycles. The maximum absolute atomic E-state index is 13.0. The van der Waals surface area contributed by atoms with Gasteiger partial charge in [-0.25, -0.2) is 0 Å². The highest BCUT2D eigenvalue weighted by Gasteiger charge is 2.20. The number of hydrogen-bond acceptors (Lipinski definition) is 9. The fourth-order valence-electron chi connectivity index (χ4n) is 4.52. The number of phenolic OH excluding ortho intramolecular Hbond substituents is 5. The summed E-state index contributed by atoms with van der Waals surface area (Å²) in [7, 11) is 0. The van der Waals surface area contributed by atoms with Gasteiger partial charge in [0.2, 0.25) is 0 Å². The molecule has 0 saturated heterocycles. The number of hydrogen-bond donors (Lipinski definition) is 5. The zero-order valence-electron chi connectivity index (χ0n) is 19.9. The van der Waals surface area contributed by atoms with Crippen molar-refractivity contribution in [1.29, 1.82) is 0 Å². The van der Waals surface area contributed by atoms with Crippen molar-refractivity contribution >= 4 is 21.9 Å². The third kappa shape index (κ3) is 3.98. The molecule has 2 aromatic heterocycles. The molecule has 4 aromatic carbocycles. The van der Waals surface area contributed by atoms with Crippen LogP contribution >= 0.6 is 0 Å². The molecule has 2 heterocycles. The van der Waals surface area contributed by atoms with Crippen LogP contribution in [-0.2, 0) is 0 Å². The van der Waals surface area contributed by atoms with E-state index in [1.54, 1.807) is 12.1 Å². The van der Waals surface area contributed by atoms with Crippen LogP contribution in [-0.4, -0.2) is 25.5 Å². The Bertz CT molecular complexity index is 2050. The molecule has 0 aliphatic carbocycles. The lowest BCUT2D eigenvalue weighted by Gasteiger charge is -2.13. The van der Waals surface area contributed by atoms with Crippen molar-refractivity contribution < 1.29 is 34.4 Å². The molecule has 0 amide bonds. The van der Waals surface area contributed by atoms with Gasteiger partial charge in [0.1, 0.15) is 56.8 Å². The number of rotatable bonds is 3. The molecule has 9 nitrogen and oxygen atoms in total. The van der Waals surface area contributed by atoms with Crippen molar-refractivity contribution in [3.63, 3.8) is 0 Å². The van der Waals surface area contributed by atoms with Crippen molar-refractivity contribution in [2.45, 2.75) is 0 Å². The Balaban J connectivity index is 1.59. The SMILES string of the molecule is O=c1cc(-c2ccc(O)cc2)oc2c(-c3cc(-c4cc(=O)c5c(O)cc(O)cc5o4)ccc3O)c(O)ccc12. The minimum atomic E-state index is -0.559. The van der Waals surface area contributed by atoms with Crippen molar-refractivity contribution in [3.05, 3.63) is 99.3 Å². The van der Waals surface area contributed by atoms with E-state index in [1.807, 2.05) is 0 Å². The lowest BCUT2D eigenvalue weighted by Crippen LogP contribution is -2.02. The van der Waals surface area contributed by atoms with Gasteiger partial charge in [0.25, 0.3) is 0 Å². The van der Waals surface area contributed by atoms with Crippen LogP contribution in [0.3, 0.4) is 0 Å². The number of aromatic hydroxyl groups is 5. The second-order valence-corrected chi connectivity index (χ2v) is 8.90. The monoisotopic (exact) mass is 522 g/mol. The molecule has 0 radical (unpaired) electrons. The predicted molar refractivity (Wildman–Crippen MR) is 143 cm³/mol. The highest BCUT2D eigenvalue weighted by molar-refractivity contribution is 5.98. The molecule has 0 bridgehead atoms. The highest BCUT2D eigenvalue weighted by Crippen LogP contribution is 2.43. The van der Waals surface area contributed by atoms with Gasteiger partial charge in [-0.15, -0.1) is 0 Å². The average Bonchev–Trinajstić information content (AvgIpc) is 2.89. The number of fused-ring (bicyclic) bond motifs is 2. The first-order valence-corrected chi connectivity index (χ1v) is 11.6. The van der Waals surface area contributed by atoms with Gasteiger partial charge in [-0.2, -0.15) is 0 Å². The Morgan fingerprint density at radius 2 is 1.21 bits per heavy atom. The van der Waals surface area contributed by atoms with Crippen molar-refractivity contribution in [3.8, 4) is 62.5 Å². The van der Waals surface area contributed by atoms with E-state index in [4.69, 9.17) is 8.83 Å².